The van der Waals surface area contributed by atoms with Gasteiger partial charge in [0.2, 0.25) is 5.91 Å². The average molecular weight is 188 g/mol. The molecule has 2 atom stereocenters. The minimum absolute atomic E-state index is 0.0406. The fraction of sp³-hybridized carbons (Fsp3) is 0.857. The largest absolute Gasteiger partial charge is 0.383 e. The highest BCUT2D eigenvalue weighted by molar-refractivity contribution is 5.77. The number of carbonyl (C=O) groups excluding carboxylic acids is 1. The molecule has 0 aromatic rings. The number of amides is 1. The summed E-state index contributed by atoms with van der Waals surface area (Å²) in [6.45, 7) is 1.27. The second kappa shape index (κ2) is 5.13. The predicted octanol–water partition coefficient (Wildman–Crippen LogP) is -2.10. The summed E-state index contributed by atoms with van der Waals surface area (Å²) in [5, 5.41) is 8.73. The molecular weight excluding hydrogens is 172 g/mol. The normalized spacial score (nSPS) is 28.6. The molecule has 13 heavy (non-hydrogen) atoms. The third-order valence-electron chi connectivity index (χ3n) is 1.75. The molecule has 1 aliphatic heterocycles. The third-order valence-corrected chi connectivity index (χ3v) is 1.75. The van der Waals surface area contributed by atoms with Gasteiger partial charge in [-0.2, -0.15) is 0 Å². The van der Waals surface area contributed by atoms with Crippen molar-refractivity contribution in [2.24, 2.45) is 5.73 Å². The highest BCUT2D eigenvalue weighted by Crippen LogP contribution is 1.92. The molecule has 0 aromatic carbocycles. The van der Waals surface area contributed by atoms with E-state index in [9.17, 15) is 4.79 Å². The highest BCUT2D eigenvalue weighted by Gasteiger charge is 2.21. The molecule has 5 N–H and O–H groups in total. The number of hydrogen-bond donors (Lipinski definition) is 4. The number of nitrogens with one attached hydrogen (secondary N) is 3. The van der Waals surface area contributed by atoms with Crippen LogP contribution in [0.25, 0.3) is 0 Å². The van der Waals surface area contributed by atoms with Crippen molar-refractivity contribution in [3.63, 3.8) is 0 Å². The van der Waals surface area contributed by atoms with Crippen LogP contribution in [-0.2, 0) is 9.53 Å². The number of hydrogen-bond acceptors (Lipinski definition) is 5. The summed E-state index contributed by atoms with van der Waals surface area (Å²) in [5.74, 6) is -0.0406. The molecule has 0 aromatic heterocycles. The van der Waals surface area contributed by atoms with Gasteiger partial charge in [0.1, 0.15) is 6.29 Å². The first-order valence-corrected chi connectivity index (χ1v) is 4.25. The second-order valence-corrected chi connectivity index (χ2v) is 2.92. The highest BCUT2D eigenvalue weighted by atomic mass is 16.5. The zero-order chi connectivity index (χ0) is 9.68. The fourth-order valence-electron chi connectivity index (χ4n) is 1.15. The first kappa shape index (κ1) is 10.4. The molecule has 1 rings (SSSR count). The average Bonchev–Trinajstić information content (AvgIpc) is 2.03. The van der Waals surface area contributed by atoms with E-state index in [2.05, 4.69) is 16.0 Å². The maximum atomic E-state index is 11.0. The van der Waals surface area contributed by atoms with Crippen molar-refractivity contribution >= 4 is 5.91 Å². The summed E-state index contributed by atoms with van der Waals surface area (Å²) in [7, 11) is 1.63. The van der Waals surface area contributed by atoms with Crippen molar-refractivity contribution < 1.29 is 9.53 Å². The fourth-order valence-corrected chi connectivity index (χ4v) is 1.15. The van der Waals surface area contributed by atoms with E-state index in [4.69, 9.17) is 10.5 Å². The minimum Gasteiger partial charge on any atom is -0.383 e. The van der Waals surface area contributed by atoms with E-state index in [0.29, 0.717) is 19.6 Å². The van der Waals surface area contributed by atoms with Crippen LogP contribution in [0.4, 0.5) is 0 Å². The Morgan fingerprint density at radius 1 is 1.77 bits per heavy atom. The van der Waals surface area contributed by atoms with Gasteiger partial charge in [-0.3, -0.25) is 15.4 Å². The molecule has 0 aliphatic carbocycles. The van der Waals surface area contributed by atoms with Crippen molar-refractivity contribution in [1.29, 1.82) is 0 Å². The molecular formula is C7H16N4O2. The number of carbonyl (C=O) groups is 1. The van der Waals surface area contributed by atoms with E-state index in [0.717, 1.165) is 0 Å². The summed E-state index contributed by atoms with van der Waals surface area (Å²) < 4.78 is 4.85. The van der Waals surface area contributed by atoms with Crippen molar-refractivity contribution in [2.75, 3.05) is 20.3 Å². The van der Waals surface area contributed by atoms with Crippen LogP contribution in [0, 0.1) is 0 Å². The maximum absolute atomic E-state index is 11.0. The zero-order valence-electron chi connectivity index (χ0n) is 7.67. The summed E-state index contributed by atoms with van der Waals surface area (Å²) in [5.41, 5.74) is 5.58. The topological polar surface area (TPSA) is 88.4 Å². The number of methoxy groups -OCH3 is 1. The molecule has 6 heteroatoms. The molecule has 1 fully saturated rings. The van der Waals surface area contributed by atoms with Gasteiger partial charge in [-0.25, -0.2) is 0 Å². The number of rotatable bonds is 4. The molecule has 1 amide bonds. The Labute approximate surface area is 77.2 Å². The van der Waals surface area contributed by atoms with Crippen molar-refractivity contribution in [3.05, 3.63) is 0 Å². The van der Waals surface area contributed by atoms with Crippen LogP contribution in [-0.4, -0.2) is 38.6 Å². The first-order valence-electron chi connectivity index (χ1n) is 4.25. The molecule has 1 aliphatic rings. The van der Waals surface area contributed by atoms with Crippen LogP contribution in [0.2, 0.25) is 0 Å². The van der Waals surface area contributed by atoms with E-state index in [1.54, 1.807) is 7.11 Å². The molecule has 76 valence electrons. The third kappa shape index (κ3) is 3.69. The first-order chi connectivity index (χ1) is 6.22. The van der Waals surface area contributed by atoms with Crippen LogP contribution in [0.5, 0.6) is 0 Å². The summed E-state index contributed by atoms with van der Waals surface area (Å²) >= 11 is 0. The zero-order valence-corrected chi connectivity index (χ0v) is 7.67. The molecule has 0 bridgehead atoms. The Morgan fingerprint density at radius 3 is 3.15 bits per heavy atom. The Balaban J connectivity index is 2.21. The van der Waals surface area contributed by atoms with Gasteiger partial charge in [0.25, 0.3) is 0 Å². The second-order valence-electron chi connectivity index (χ2n) is 2.92. The van der Waals surface area contributed by atoms with Crippen molar-refractivity contribution in [3.8, 4) is 0 Å². The Morgan fingerprint density at radius 2 is 2.54 bits per heavy atom. The molecule has 6 nitrogen and oxygen atoms in total. The Kier molecular flexibility index (Phi) is 4.10. The van der Waals surface area contributed by atoms with Gasteiger partial charge in [0.15, 0.2) is 0 Å². The number of nitrogens with two attached hydrogens (primary N) is 1. The van der Waals surface area contributed by atoms with E-state index in [1.807, 2.05) is 0 Å². The summed E-state index contributed by atoms with van der Waals surface area (Å²) in [4.78, 5) is 11.0. The Bertz CT molecular complexity index is 176. The van der Waals surface area contributed by atoms with E-state index in [1.165, 1.54) is 0 Å². The smallest absolute Gasteiger partial charge is 0.225 e. The van der Waals surface area contributed by atoms with Gasteiger partial charge >= 0.3 is 0 Å². The standard InChI is InChI=1S/C7H16N4O2/c1-13-3-2-9-7-10-5(8)4-6(12)11-7/h5,7,9-10H,2-4,8H2,1H3,(H,11,12). The summed E-state index contributed by atoms with van der Waals surface area (Å²) in [6.07, 6.45) is -0.192. The van der Waals surface area contributed by atoms with Crippen LogP contribution >= 0.6 is 0 Å². The van der Waals surface area contributed by atoms with Gasteiger partial charge in [-0.05, 0) is 0 Å². The molecule has 1 saturated heterocycles. The predicted molar refractivity (Wildman–Crippen MR) is 47.5 cm³/mol. The van der Waals surface area contributed by atoms with Crippen LogP contribution in [0.3, 0.4) is 0 Å². The maximum Gasteiger partial charge on any atom is 0.225 e. The van der Waals surface area contributed by atoms with Crippen LogP contribution < -0.4 is 21.7 Å². The molecule has 0 spiro atoms. The van der Waals surface area contributed by atoms with Gasteiger partial charge in [0.05, 0.1) is 19.2 Å². The quantitative estimate of drug-likeness (QED) is 0.380. The lowest BCUT2D eigenvalue weighted by molar-refractivity contribution is -0.124. The van der Waals surface area contributed by atoms with Crippen LogP contribution in [0.1, 0.15) is 6.42 Å². The monoisotopic (exact) mass is 188 g/mol. The SMILES string of the molecule is COCCNC1NC(=O)CC(N)N1. The van der Waals surface area contributed by atoms with E-state index < -0.39 is 0 Å². The lowest BCUT2D eigenvalue weighted by Crippen LogP contribution is -2.65. The lowest BCUT2D eigenvalue weighted by atomic mass is 10.3. The summed E-state index contributed by atoms with van der Waals surface area (Å²) in [6, 6.07) is 0. The van der Waals surface area contributed by atoms with Crippen molar-refractivity contribution in [2.45, 2.75) is 18.9 Å². The van der Waals surface area contributed by atoms with Gasteiger partial charge < -0.3 is 15.8 Å². The molecule has 0 saturated carbocycles. The molecule has 0 radical (unpaired) electrons. The number of ether oxygens (including phenoxy) is 1. The van der Waals surface area contributed by atoms with E-state index in [-0.39, 0.29) is 18.4 Å². The van der Waals surface area contributed by atoms with Crippen LogP contribution in [0.15, 0.2) is 0 Å². The molecule has 1 heterocycles. The van der Waals surface area contributed by atoms with Crippen molar-refractivity contribution in [1.82, 2.24) is 16.0 Å². The minimum atomic E-state index is -0.270. The van der Waals surface area contributed by atoms with E-state index >= 15 is 0 Å². The van der Waals surface area contributed by atoms with Gasteiger partial charge in [0, 0.05) is 13.7 Å². The Hall–Kier alpha value is -0.690. The van der Waals surface area contributed by atoms with Gasteiger partial charge in [-0.1, -0.05) is 0 Å². The van der Waals surface area contributed by atoms with Gasteiger partial charge in [-0.15, -0.1) is 0 Å². The molecule has 2 unspecified atom stereocenters. The lowest BCUT2D eigenvalue weighted by Gasteiger charge is -2.29.